The predicted octanol–water partition coefficient (Wildman–Crippen LogP) is 3.27. The molecule has 148 valence electrons. The summed E-state index contributed by atoms with van der Waals surface area (Å²) in [4.78, 5) is 25.0. The number of amides is 1. The molecule has 0 radical (unpaired) electrons. The summed E-state index contributed by atoms with van der Waals surface area (Å²) in [6, 6.07) is 3.50. The second-order valence-electron chi connectivity index (χ2n) is 6.50. The fourth-order valence-electron chi connectivity index (χ4n) is 2.81. The van der Waals surface area contributed by atoms with Crippen molar-refractivity contribution >= 4 is 33.3 Å². The second kappa shape index (κ2) is 7.97. The standard InChI is InChI=1S/C19H21N3O5S/c1-9(2)17-21-22-19(28-17)20-14(23)8-12-10(3)11-6-7-13(25-4)16(26-5)15(11)27-18(12)24/h6-7,9H,8H2,1-5H3,(H,20,22,23). The number of hydrogen-bond acceptors (Lipinski definition) is 8. The maximum absolute atomic E-state index is 12.5. The first-order valence-corrected chi connectivity index (χ1v) is 9.47. The summed E-state index contributed by atoms with van der Waals surface area (Å²) < 4.78 is 16.0. The van der Waals surface area contributed by atoms with Gasteiger partial charge in [0.15, 0.2) is 11.3 Å². The molecule has 1 N–H and O–H groups in total. The summed E-state index contributed by atoms with van der Waals surface area (Å²) >= 11 is 1.31. The monoisotopic (exact) mass is 403 g/mol. The average molecular weight is 403 g/mol. The van der Waals surface area contributed by atoms with Gasteiger partial charge in [0, 0.05) is 11.3 Å². The van der Waals surface area contributed by atoms with Gasteiger partial charge in [0.05, 0.1) is 26.2 Å². The van der Waals surface area contributed by atoms with Crippen molar-refractivity contribution in [2.75, 3.05) is 19.5 Å². The fraction of sp³-hybridized carbons (Fsp3) is 0.368. The first-order valence-electron chi connectivity index (χ1n) is 8.66. The molecule has 0 spiro atoms. The van der Waals surface area contributed by atoms with Crippen LogP contribution in [0.5, 0.6) is 11.5 Å². The molecule has 1 aromatic carbocycles. The van der Waals surface area contributed by atoms with Gasteiger partial charge in [0.25, 0.3) is 0 Å². The van der Waals surface area contributed by atoms with Gasteiger partial charge >= 0.3 is 5.63 Å². The number of nitrogens with one attached hydrogen (secondary N) is 1. The molecule has 0 bridgehead atoms. The van der Waals surface area contributed by atoms with E-state index in [-0.39, 0.29) is 23.8 Å². The van der Waals surface area contributed by atoms with Crippen molar-refractivity contribution in [1.29, 1.82) is 0 Å². The van der Waals surface area contributed by atoms with Gasteiger partial charge in [-0.05, 0) is 24.6 Å². The molecular weight excluding hydrogens is 382 g/mol. The molecule has 0 aliphatic carbocycles. The van der Waals surface area contributed by atoms with E-state index in [1.165, 1.54) is 25.6 Å². The normalized spacial score (nSPS) is 11.1. The lowest BCUT2D eigenvalue weighted by Gasteiger charge is -2.12. The summed E-state index contributed by atoms with van der Waals surface area (Å²) in [5, 5.41) is 12.6. The van der Waals surface area contributed by atoms with E-state index in [9.17, 15) is 9.59 Å². The first-order chi connectivity index (χ1) is 13.3. The zero-order valence-electron chi connectivity index (χ0n) is 16.3. The van der Waals surface area contributed by atoms with Crippen LogP contribution in [0, 0.1) is 6.92 Å². The Morgan fingerprint density at radius 3 is 2.61 bits per heavy atom. The summed E-state index contributed by atoms with van der Waals surface area (Å²) in [5.74, 6) is 0.665. The number of carbonyl (C=O) groups excluding carboxylic acids is 1. The van der Waals surface area contributed by atoms with Crippen molar-refractivity contribution in [3.8, 4) is 11.5 Å². The molecular formula is C19H21N3O5S. The van der Waals surface area contributed by atoms with E-state index >= 15 is 0 Å². The third kappa shape index (κ3) is 3.70. The Labute approximate surface area is 165 Å². The Bertz CT molecular complexity index is 1090. The molecule has 0 saturated heterocycles. The maximum atomic E-state index is 12.5. The maximum Gasteiger partial charge on any atom is 0.340 e. The average Bonchev–Trinajstić information content (AvgIpc) is 3.12. The molecule has 0 unspecified atom stereocenters. The minimum atomic E-state index is -0.591. The highest BCUT2D eigenvalue weighted by Gasteiger charge is 2.20. The summed E-state index contributed by atoms with van der Waals surface area (Å²) in [5.41, 5.74) is 0.638. The van der Waals surface area contributed by atoms with Crippen molar-refractivity contribution in [2.24, 2.45) is 0 Å². The van der Waals surface area contributed by atoms with Crippen LogP contribution in [0.4, 0.5) is 5.13 Å². The van der Waals surface area contributed by atoms with Gasteiger partial charge in [0.2, 0.25) is 16.8 Å². The molecule has 3 aromatic rings. The zero-order chi connectivity index (χ0) is 20.4. The highest BCUT2D eigenvalue weighted by Crippen LogP contribution is 2.36. The Kier molecular flexibility index (Phi) is 5.64. The molecule has 9 heteroatoms. The molecule has 3 rings (SSSR count). The molecule has 0 saturated carbocycles. The van der Waals surface area contributed by atoms with E-state index in [0.29, 0.717) is 33.2 Å². The fourth-order valence-corrected chi connectivity index (χ4v) is 3.57. The quantitative estimate of drug-likeness (QED) is 0.630. The smallest absolute Gasteiger partial charge is 0.340 e. The zero-order valence-corrected chi connectivity index (χ0v) is 17.1. The van der Waals surface area contributed by atoms with Crippen LogP contribution in [-0.2, 0) is 11.2 Å². The van der Waals surface area contributed by atoms with Gasteiger partial charge < -0.3 is 19.2 Å². The van der Waals surface area contributed by atoms with Gasteiger partial charge in [0.1, 0.15) is 5.01 Å². The largest absolute Gasteiger partial charge is 0.493 e. The van der Waals surface area contributed by atoms with E-state index in [4.69, 9.17) is 13.9 Å². The molecule has 2 heterocycles. The Morgan fingerprint density at radius 2 is 2.00 bits per heavy atom. The predicted molar refractivity (Wildman–Crippen MR) is 107 cm³/mol. The molecule has 2 aromatic heterocycles. The number of methoxy groups -OCH3 is 2. The number of anilines is 1. The number of hydrogen-bond donors (Lipinski definition) is 1. The number of benzene rings is 1. The van der Waals surface area contributed by atoms with Crippen molar-refractivity contribution < 1.29 is 18.7 Å². The van der Waals surface area contributed by atoms with Crippen molar-refractivity contribution in [1.82, 2.24) is 10.2 Å². The minimum absolute atomic E-state index is 0.130. The lowest BCUT2D eigenvalue weighted by atomic mass is 10.0. The summed E-state index contributed by atoms with van der Waals surface area (Å²) in [6.07, 6.45) is -0.130. The number of carbonyl (C=O) groups is 1. The molecule has 1 amide bonds. The number of ether oxygens (including phenoxy) is 2. The highest BCUT2D eigenvalue weighted by atomic mass is 32.1. The summed E-state index contributed by atoms with van der Waals surface area (Å²) in [7, 11) is 2.98. The van der Waals surface area contributed by atoms with E-state index in [1.807, 2.05) is 13.8 Å². The van der Waals surface area contributed by atoms with Crippen molar-refractivity contribution in [3.05, 3.63) is 38.7 Å². The lowest BCUT2D eigenvalue weighted by molar-refractivity contribution is -0.115. The minimum Gasteiger partial charge on any atom is -0.493 e. The molecule has 0 aliphatic rings. The molecule has 8 nitrogen and oxygen atoms in total. The van der Waals surface area contributed by atoms with Crippen molar-refractivity contribution in [3.63, 3.8) is 0 Å². The van der Waals surface area contributed by atoms with Crippen LogP contribution in [0.3, 0.4) is 0 Å². The number of rotatable bonds is 6. The van der Waals surface area contributed by atoms with Crippen LogP contribution in [-0.4, -0.2) is 30.3 Å². The van der Waals surface area contributed by atoms with E-state index in [0.717, 1.165) is 5.01 Å². The third-order valence-electron chi connectivity index (χ3n) is 4.32. The number of fused-ring (bicyclic) bond motifs is 1. The lowest BCUT2D eigenvalue weighted by Crippen LogP contribution is -2.20. The van der Waals surface area contributed by atoms with Crippen LogP contribution in [0.25, 0.3) is 11.0 Å². The van der Waals surface area contributed by atoms with Crippen molar-refractivity contribution in [2.45, 2.75) is 33.1 Å². The molecule has 0 atom stereocenters. The van der Waals surface area contributed by atoms with Gasteiger partial charge in [-0.15, -0.1) is 10.2 Å². The highest BCUT2D eigenvalue weighted by molar-refractivity contribution is 7.15. The SMILES string of the molecule is COc1ccc2c(C)c(CC(=O)Nc3nnc(C(C)C)s3)c(=O)oc2c1OC. The van der Waals surface area contributed by atoms with Gasteiger partial charge in [-0.1, -0.05) is 25.2 Å². The van der Waals surface area contributed by atoms with E-state index < -0.39 is 5.63 Å². The first kappa shape index (κ1) is 19.8. The second-order valence-corrected chi connectivity index (χ2v) is 7.51. The number of aryl methyl sites for hydroxylation is 1. The number of aromatic nitrogens is 2. The van der Waals surface area contributed by atoms with Crippen LogP contribution >= 0.6 is 11.3 Å². The van der Waals surface area contributed by atoms with E-state index in [2.05, 4.69) is 15.5 Å². The summed E-state index contributed by atoms with van der Waals surface area (Å²) in [6.45, 7) is 5.77. The molecule has 0 aliphatic heterocycles. The van der Waals surface area contributed by atoms with Crippen LogP contribution in [0.15, 0.2) is 21.3 Å². The van der Waals surface area contributed by atoms with Gasteiger partial charge in [-0.25, -0.2) is 4.79 Å². The number of nitrogens with zero attached hydrogens (tertiary/aromatic N) is 2. The Morgan fingerprint density at radius 1 is 1.25 bits per heavy atom. The molecule has 0 fully saturated rings. The Hall–Kier alpha value is -2.94. The van der Waals surface area contributed by atoms with Gasteiger partial charge in [-0.2, -0.15) is 0 Å². The van der Waals surface area contributed by atoms with Crippen LogP contribution < -0.4 is 20.4 Å². The third-order valence-corrected chi connectivity index (χ3v) is 5.46. The Balaban J connectivity index is 1.92. The topological polar surface area (TPSA) is 104 Å². The molecule has 28 heavy (non-hydrogen) atoms. The van der Waals surface area contributed by atoms with Gasteiger partial charge in [-0.3, -0.25) is 4.79 Å². The van der Waals surface area contributed by atoms with Crippen LogP contribution in [0.2, 0.25) is 0 Å². The van der Waals surface area contributed by atoms with E-state index in [1.54, 1.807) is 19.1 Å². The van der Waals surface area contributed by atoms with Crippen LogP contribution in [0.1, 0.15) is 35.9 Å².